The first kappa shape index (κ1) is 14.8. The van der Waals surface area contributed by atoms with Gasteiger partial charge in [0.2, 0.25) is 5.91 Å². The Balaban J connectivity index is 1.80. The molecule has 0 saturated carbocycles. The number of nitrogens with one attached hydrogen (secondary N) is 3. The maximum absolute atomic E-state index is 11.7. The fraction of sp³-hybridized carbons (Fsp3) is 0.357. The van der Waals surface area contributed by atoms with Crippen LogP contribution in [-0.4, -0.2) is 35.6 Å². The van der Waals surface area contributed by atoms with Crippen LogP contribution in [0.5, 0.6) is 0 Å². The molecule has 1 unspecified atom stereocenters. The summed E-state index contributed by atoms with van der Waals surface area (Å²) in [7, 11) is 0. The molecule has 3 amide bonds. The van der Waals surface area contributed by atoms with E-state index in [0.717, 1.165) is 0 Å². The van der Waals surface area contributed by atoms with Gasteiger partial charge < -0.3 is 21.1 Å². The molecule has 0 aliphatic carbocycles. The van der Waals surface area contributed by atoms with Gasteiger partial charge in [0.05, 0.1) is 5.56 Å². The van der Waals surface area contributed by atoms with Gasteiger partial charge in [-0.3, -0.25) is 4.79 Å². The van der Waals surface area contributed by atoms with E-state index < -0.39 is 5.97 Å². The fourth-order valence-electron chi connectivity index (χ4n) is 2.09. The molecule has 1 aromatic rings. The zero-order chi connectivity index (χ0) is 15.2. The number of carbonyl (C=O) groups is 3. The van der Waals surface area contributed by atoms with E-state index >= 15 is 0 Å². The van der Waals surface area contributed by atoms with Gasteiger partial charge in [0.15, 0.2) is 0 Å². The van der Waals surface area contributed by atoms with Crippen LogP contribution < -0.4 is 16.0 Å². The van der Waals surface area contributed by atoms with Crippen LogP contribution in [0.4, 0.5) is 4.79 Å². The van der Waals surface area contributed by atoms with Crippen molar-refractivity contribution in [3.8, 4) is 0 Å². The third-order valence-corrected chi connectivity index (χ3v) is 3.23. The molecule has 1 saturated heterocycles. The molecule has 112 valence electrons. The summed E-state index contributed by atoms with van der Waals surface area (Å²) >= 11 is 0. The van der Waals surface area contributed by atoms with Crippen LogP contribution in [0, 0.1) is 0 Å². The average molecular weight is 291 g/mol. The number of amides is 3. The number of urea groups is 1. The van der Waals surface area contributed by atoms with Crippen molar-refractivity contribution in [3.05, 3.63) is 35.4 Å². The zero-order valence-electron chi connectivity index (χ0n) is 11.4. The molecule has 1 aliphatic heterocycles. The van der Waals surface area contributed by atoms with E-state index in [-0.39, 0.29) is 30.1 Å². The lowest BCUT2D eigenvalue weighted by atomic mass is 10.1. The minimum Gasteiger partial charge on any atom is -0.478 e. The maximum atomic E-state index is 11.7. The molecule has 4 N–H and O–H groups in total. The van der Waals surface area contributed by atoms with Gasteiger partial charge in [-0.25, -0.2) is 9.59 Å². The quantitative estimate of drug-likeness (QED) is 0.646. The van der Waals surface area contributed by atoms with Gasteiger partial charge >= 0.3 is 12.0 Å². The van der Waals surface area contributed by atoms with Crippen molar-refractivity contribution < 1.29 is 19.5 Å². The van der Waals surface area contributed by atoms with Gasteiger partial charge in [-0.05, 0) is 24.1 Å². The molecule has 1 fully saturated rings. The number of carboxylic acids is 1. The molecule has 7 nitrogen and oxygen atoms in total. The monoisotopic (exact) mass is 291 g/mol. The van der Waals surface area contributed by atoms with Crippen molar-refractivity contribution in [1.29, 1.82) is 0 Å². The summed E-state index contributed by atoms with van der Waals surface area (Å²) in [4.78, 5) is 33.6. The van der Waals surface area contributed by atoms with E-state index in [9.17, 15) is 14.4 Å². The SMILES string of the molecule is O=C1CCC(NC(=O)NCc2cccc(C(=O)O)c2)CN1. The van der Waals surface area contributed by atoms with E-state index in [1.54, 1.807) is 12.1 Å². The molecular formula is C14H17N3O4. The van der Waals surface area contributed by atoms with E-state index in [4.69, 9.17) is 5.11 Å². The first-order valence-corrected chi connectivity index (χ1v) is 6.68. The average Bonchev–Trinajstić information content (AvgIpc) is 2.48. The smallest absolute Gasteiger partial charge is 0.335 e. The first-order valence-electron chi connectivity index (χ1n) is 6.68. The van der Waals surface area contributed by atoms with Crippen molar-refractivity contribution >= 4 is 17.9 Å². The molecule has 1 heterocycles. The van der Waals surface area contributed by atoms with Gasteiger partial charge in [-0.2, -0.15) is 0 Å². The highest BCUT2D eigenvalue weighted by Gasteiger charge is 2.19. The largest absolute Gasteiger partial charge is 0.478 e. The number of piperidine rings is 1. The Labute approximate surface area is 121 Å². The molecule has 7 heteroatoms. The Morgan fingerprint density at radius 2 is 2.19 bits per heavy atom. The summed E-state index contributed by atoms with van der Waals surface area (Å²) in [6.07, 6.45) is 1.03. The topological polar surface area (TPSA) is 108 Å². The standard InChI is InChI=1S/C14H17N3O4/c18-12-5-4-11(8-15-12)17-14(21)16-7-9-2-1-3-10(6-9)13(19)20/h1-3,6,11H,4-5,7-8H2,(H,15,18)(H,19,20)(H2,16,17,21). The van der Waals surface area contributed by atoms with Crippen molar-refractivity contribution in [2.45, 2.75) is 25.4 Å². The van der Waals surface area contributed by atoms with Crippen LogP contribution in [0.15, 0.2) is 24.3 Å². The fourth-order valence-corrected chi connectivity index (χ4v) is 2.09. The van der Waals surface area contributed by atoms with Crippen LogP contribution in [-0.2, 0) is 11.3 Å². The first-order chi connectivity index (χ1) is 10.0. The summed E-state index contributed by atoms with van der Waals surface area (Å²) in [6.45, 7) is 0.673. The number of rotatable bonds is 4. The van der Waals surface area contributed by atoms with E-state index in [1.807, 2.05) is 0 Å². The molecule has 0 bridgehead atoms. The number of aromatic carboxylic acids is 1. The second-order valence-corrected chi connectivity index (χ2v) is 4.87. The minimum atomic E-state index is -1.00. The van der Waals surface area contributed by atoms with Gasteiger partial charge in [-0.1, -0.05) is 12.1 Å². The van der Waals surface area contributed by atoms with Crippen molar-refractivity contribution in [1.82, 2.24) is 16.0 Å². The third-order valence-electron chi connectivity index (χ3n) is 3.23. The Morgan fingerprint density at radius 3 is 2.86 bits per heavy atom. The van der Waals surface area contributed by atoms with Crippen LogP contribution in [0.1, 0.15) is 28.8 Å². The normalized spacial score (nSPS) is 17.7. The van der Waals surface area contributed by atoms with Gasteiger partial charge in [0, 0.05) is 25.6 Å². The predicted octanol–water partition coefficient (Wildman–Crippen LogP) is 0.463. The maximum Gasteiger partial charge on any atom is 0.335 e. The Bertz CT molecular complexity index is 549. The number of benzene rings is 1. The molecule has 1 aliphatic rings. The van der Waals surface area contributed by atoms with Crippen LogP contribution in [0.3, 0.4) is 0 Å². The molecule has 2 rings (SSSR count). The molecule has 0 spiro atoms. The highest BCUT2D eigenvalue weighted by atomic mass is 16.4. The summed E-state index contributed by atoms with van der Waals surface area (Å²) < 4.78 is 0. The highest BCUT2D eigenvalue weighted by Crippen LogP contribution is 2.05. The van der Waals surface area contributed by atoms with E-state index in [0.29, 0.717) is 24.9 Å². The summed E-state index contributed by atoms with van der Waals surface area (Å²) in [5.41, 5.74) is 0.895. The van der Waals surface area contributed by atoms with Crippen LogP contribution >= 0.6 is 0 Å². The molecule has 0 aromatic heterocycles. The summed E-state index contributed by atoms with van der Waals surface area (Å²) in [6, 6.07) is 5.98. The number of hydrogen-bond acceptors (Lipinski definition) is 3. The van der Waals surface area contributed by atoms with Crippen LogP contribution in [0.25, 0.3) is 0 Å². The molecule has 1 atom stereocenters. The zero-order valence-corrected chi connectivity index (χ0v) is 11.4. The molecule has 1 aromatic carbocycles. The lowest BCUT2D eigenvalue weighted by Crippen LogP contribution is -2.50. The molecule has 0 radical (unpaired) electrons. The minimum absolute atomic E-state index is 0.000978. The molecular weight excluding hydrogens is 274 g/mol. The number of hydrogen-bond donors (Lipinski definition) is 4. The second kappa shape index (κ2) is 6.74. The lowest BCUT2D eigenvalue weighted by molar-refractivity contribution is -0.122. The van der Waals surface area contributed by atoms with Crippen molar-refractivity contribution in [3.63, 3.8) is 0 Å². The number of carboxylic acid groups (broad SMARTS) is 1. The van der Waals surface area contributed by atoms with E-state index in [1.165, 1.54) is 12.1 Å². The second-order valence-electron chi connectivity index (χ2n) is 4.87. The van der Waals surface area contributed by atoms with Gasteiger partial charge in [0.25, 0.3) is 0 Å². The summed E-state index contributed by atoms with van der Waals surface area (Å²) in [5, 5.41) is 17.0. The Morgan fingerprint density at radius 1 is 1.38 bits per heavy atom. The van der Waals surface area contributed by atoms with Gasteiger partial charge in [-0.15, -0.1) is 0 Å². The number of carbonyl (C=O) groups excluding carboxylic acids is 2. The van der Waals surface area contributed by atoms with E-state index in [2.05, 4.69) is 16.0 Å². The molecule has 21 heavy (non-hydrogen) atoms. The lowest BCUT2D eigenvalue weighted by Gasteiger charge is -2.23. The Hall–Kier alpha value is -2.57. The predicted molar refractivity (Wildman–Crippen MR) is 74.8 cm³/mol. The Kier molecular flexibility index (Phi) is 4.76. The van der Waals surface area contributed by atoms with Crippen LogP contribution in [0.2, 0.25) is 0 Å². The highest BCUT2D eigenvalue weighted by molar-refractivity contribution is 5.87. The van der Waals surface area contributed by atoms with Crippen molar-refractivity contribution in [2.75, 3.05) is 6.54 Å². The summed E-state index contributed by atoms with van der Waals surface area (Å²) in [5.74, 6) is -1.00. The third kappa shape index (κ3) is 4.48. The van der Waals surface area contributed by atoms with Crippen molar-refractivity contribution in [2.24, 2.45) is 0 Å². The van der Waals surface area contributed by atoms with Gasteiger partial charge in [0.1, 0.15) is 0 Å².